The summed E-state index contributed by atoms with van der Waals surface area (Å²) in [6.07, 6.45) is 2.48. The van der Waals surface area contributed by atoms with Crippen LogP contribution in [0.25, 0.3) is 0 Å². The predicted molar refractivity (Wildman–Crippen MR) is 41.7 cm³/mol. The molecule has 8 heavy (non-hydrogen) atoms. The van der Waals surface area contributed by atoms with Gasteiger partial charge in [0.1, 0.15) is 6.71 Å². The number of rotatable bonds is 3. The Kier molecular flexibility index (Phi) is 3.67. The lowest BCUT2D eigenvalue weighted by atomic mass is 9.51. The fraction of sp³-hybridized carbons (Fsp3) is 0.714. The minimum atomic E-state index is 0.826. The molecule has 0 bridgehead atoms. The first kappa shape index (κ1) is 7.80. The fourth-order valence-corrected chi connectivity index (χ4v) is 0.535. The van der Waals surface area contributed by atoms with Crippen molar-refractivity contribution in [3.63, 3.8) is 0 Å². The third kappa shape index (κ3) is 5.80. The molecule has 0 heterocycles. The van der Waals surface area contributed by atoms with Crippen molar-refractivity contribution >= 4 is 6.71 Å². The second-order valence-electron chi connectivity index (χ2n) is 2.89. The summed E-state index contributed by atoms with van der Waals surface area (Å²) in [5, 5.41) is 0. The number of allylic oxidation sites excluding steroid dienone is 1. The van der Waals surface area contributed by atoms with Gasteiger partial charge in [-0.1, -0.05) is 25.5 Å². The zero-order valence-electron chi connectivity index (χ0n) is 6.20. The Morgan fingerprint density at radius 2 is 2.00 bits per heavy atom. The lowest BCUT2D eigenvalue weighted by Crippen LogP contribution is -1.97. The molecule has 0 unspecified atom stereocenters. The van der Waals surface area contributed by atoms with Gasteiger partial charge in [-0.15, -0.1) is 6.58 Å². The summed E-state index contributed by atoms with van der Waals surface area (Å²) in [5.41, 5.74) is 1.30. The van der Waals surface area contributed by atoms with Gasteiger partial charge in [0.15, 0.2) is 0 Å². The van der Waals surface area contributed by atoms with E-state index in [9.17, 15) is 0 Å². The molecule has 0 aromatic carbocycles. The summed E-state index contributed by atoms with van der Waals surface area (Å²) >= 11 is 0. The molecule has 0 rings (SSSR count). The van der Waals surface area contributed by atoms with Crippen molar-refractivity contribution in [3.8, 4) is 0 Å². The van der Waals surface area contributed by atoms with Crippen LogP contribution in [-0.2, 0) is 0 Å². The zero-order valence-corrected chi connectivity index (χ0v) is 6.20. The van der Waals surface area contributed by atoms with Crippen molar-refractivity contribution in [2.45, 2.75) is 33.3 Å². The van der Waals surface area contributed by atoms with E-state index in [4.69, 9.17) is 0 Å². The smallest absolute Gasteiger partial charge is 0.100 e. The Bertz CT molecular complexity index is 74.5. The van der Waals surface area contributed by atoms with Gasteiger partial charge in [0.25, 0.3) is 0 Å². The van der Waals surface area contributed by atoms with Gasteiger partial charge in [0.05, 0.1) is 0 Å². The summed E-state index contributed by atoms with van der Waals surface area (Å²) in [4.78, 5) is 0. The van der Waals surface area contributed by atoms with Gasteiger partial charge in [-0.2, -0.15) is 0 Å². The van der Waals surface area contributed by atoms with Gasteiger partial charge in [0.2, 0.25) is 0 Å². The normalized spacial score (nSPS) is 8.88. The van der Waals surface area contributed by atoms with Crippen LogP contribution in [0.3, 0.4) is 0 Å². The van der Waals surface area contributed by atoms with E-state index in [2.05, 4.69) is 27.1 Å². The second-order valence-corrected chi connectivity index (χ2v) is 2.89. The van der Waals surface area contributed by atoms with E-state index in [1.807, 2.05) is 0 Å². The summed E-state index contributed by atoms with van der Waals surface area (Å²) in [7, 11) is 0. The Morgan fingerprint density at radius 1 is 1.50 bits per heavy atom. The lowest BCUT2D eigenvalue weighted by Gasteiger charge is -1.98. The maximum absolute atomic E-state index is 3.83. The largest absolute Gasteiger partial charge is 0.133 e. The second kappa shape index (κ2) is 3.76. The topological polar surface area (TPSA) is 0 Å². The highest BCUT2D eigenvalue weighted by Crippen LogP contribution is 2.03. The summed E-state index contributed by atoms with van der Waals surface area (Å²) in [6, 6.07) is 0. The third-order valence-corrected chi connectivity index (χ3v) is 1.15. The molecular formula is C7H15B. The van der Waals surface area contributed by atoms with Crippen LogP contribution in [-0.4, -0.2) is 6.71 Å². The Hall–Kier alpha value is -0.195. The van der Waals surface area contributed by atoms with Crippen LogP contribution in [0.5, 0.6) is 0 Å². The first-order valence-corrected chi connectivity index (χ1v) is 3.27. The number of hydrogen-bond donors (Lipinski definition) is 0. The van der Waals surface area contributed by atoms with Crippen LogP contribution in [0.15, 0.2) is 12.2 Å². The van der Waals surface area contributed by atoms with Crippen molar-refractivity contribution in [2.75, 3.05) is 0 Å². The Balaban J connectivity index is 3.05. The average Bonchev–Trinajstić information content (AvgIpc) is 1.61. The zero-order chi connectivity index (χ0) is 6.57. The molecule has 0 aromatic rings. The summed E-state index contributed by atoms with van der Waals surface area (Å²) < 4.78 is 0. The van der Waals surface area contributed by atoms with E-state index in [0.29, 0.717) is 0 Å². The van der Waals surface area contributed by atoms with Gasteiger partial charge in [-0.3, -0.25) is 0 Å². The molecular weight excluding hydrogens is 94.9 g/mol. The summed E-state index contributed by atoms with van der Waals surface area (Å²) in [6.45, 7) is 11.2. The van der Waals surface area contributed by atoms with Crippen LogP contribution in [0.1, 0.15) is 13.3 Å². The maximum Gasteiger partial charge on any atom is 0.133 e. The standard InChI is InChI=1S/C7H15B/c1-7(2)5-6-8(3)4/h1,5-6H2,2-4H3. The van der Waals surface area contributed by atoms with E-state index < -0.39 is 0 Å². The molecule has 0 spiro atoms. The van der Waals surface area contributed by atoms with Crippen LogP contribution in [0.4, 0.5) is 0 Å². The molecule has 46 valence electrons. The van der Waals surface area contributed by atoms with Crippen LogP contribution in [0.2, 0.25) is 20.0 Å². The van der Waals surface area contributed by atoms with E-state index in [-0.39, 0.29) is 0 Å². The van der Waals surface area contributed by atoms with Crippen molar-refractivity contribution in [3.05, 3.63) is 12.2 Å². The highest BCUT2D eigenvalue weighted by Gasteiger charge is 1.95. The van der Waals surface area contributed by atoms with Gasteiger partial charge in [-0.05, 0) is 13.3 Å². The Morgan fingerprint density at radius 3 is 2.12 bits per heavy atom. The number of hydrogen-bond acceptors (Lipinski definition) is 0. The highest BCUT2D eigenvalue weighted by atomic mass is 13.8. The molecule has 0 fully saturated rings. The molecule has 0 saturated carbocycles. The minimum absolute atomic E-state index is 0.826. The Labute approximate surface area is 53.1 Å². The summed E-state index contributed by atoms with van der Waals surface area (Å²) in [5.74, 6) is 0. The molecule has 0 N–H and O–H groups in total. The van der Waals surface area contributed by atoms with Gasteiger partial charge in [-0.25, -0.2) is 0 Å². The molecule has 0 aromatic heterocycles. The van der Waals surface area contributed by atoms with Gasteiger partial charge >= 0.3 is 0 Å². The molecule has 0 radical (unpaired) electrons. The molecule has 0 atom stereocenters. The molecule has 0 saturated heterocycles. The lowest BCUT2D eigenvalue weighted by molar-refractivity contribution is 1.09. The van der Waals surface area contributed by atoms with E-state index in [0.717, 1.165) is 6.71 Å². The van der Waals surface area contributed by atoms with E-state index >= 15 is 0 Å². The third-order valence-electron chi connectivity index (χ3n) is 1.15. The molecule has 0 aliphatic heterocycles. The maximum atomic E-state index is 3.83. The quantitative estimate of drug-likeness (QED) is 0.387. The molecule has 0 aliphatic rings. The van der Waals surface area contributed by atoms with Crippen LogP contribution >= 0.6 is 0 Å². The molecule has 1 heteroatoms. The monoisotopic (exact) mass is 110 g/mol. The van der Waals surface area contributed by atoms with Crippen molar-refractivity contribution in [1.29, 1.82) is 0 Å². The molecule has 0 aliphatic carbocycles. The first-order chi connectivity index (χ1) is 3.63. The van der Waals surface area contributed by atoms with Crippen molar-refractivity contribution in [1.82, 2.24) is 0 Å². The van der Waals surface area contributed by atoms with Gasteiger partial charge in [0, 0.05) is 0 Å². The first-order valence-electron chi connectivity index (χ1n) is 3.27. The SMILES string of the molecule is C=C(C)CCB(C)C. The fourth-order valence-electron chi connectivity index (χ4n) is 0.535. The van der Waals surface area contributed by atoms with Crippen molar-refractivity contribution in [2.24, 2.45) is 0 Å². The van der Waals surface area contributed by atoms with Crippen LogP contribution < -0.4 is 0 Å². The average molecular weight is 110 g/mol. The van der Waals surface area contributed by atoms with E-state index in [1.165, 1.54) is 18.3 Å². The van der Waals surface area contributed by atoms with E-state index in [1.54, 1.807) is 0 Å². The van der Waals surface area contributed by atoms with Gasteiger partial charge < -0.3 is 0 Å². The highest BCUT2D eigenvalue weighted by molar-refractivity contribution is 6.55. The van der Waals surface area contributed by atoms with Crippen molar-refractivity contribution < 1.29 is 0 Å². The van der Waals surface area contributed by atoms with Crippen LogP contribution in [0, 0.1) is 0 Å². The molecule has 0 amide bonds. The predicted octanol–water partition coefficient (Wildman–Crippen LogP) is 2.71. The molecule has 0 nitrogen and oxygen atoms in total. The minimum Gasteiger partial charge on any atom is -0.100 e.